The number of carboxylic acid groups (broad SMARTS) is 1. The van der Waals surface area contributed by atoms with Gasteiger partial charge in [0, 0.05) is 24.0 Å². The minimum absolute atomic E-state index is 0.381. The van der Waals surface area contributed by atoms with E-state index in [9.17, 15) is 4.79 Å². The normalized spacial score (nSPS) is 11.2. The lowest BCUT2D eigenvalue weighted by molar-refractivity contribution is -0.139. The van der Waals surface area contributed by atoms with Crippen LogP contribution in [-0.2, 0) is 17.9 Å². The molecular formula is C23H22N2O3. The monoisotopic (exact) mass is 374 g/mol. The Balaban J connectivity index is 2.04. The summed E-state index contributed by atoms with van der Waals surface area (Å²) >= 11 is 0. The van der Waals surface area contributed by atoms with Gasteiger partial charge in [-0.2, -0.15) is 0 Å². The van der Waals surface area contributed by atoms with E-state index in [1.54, 1.807) is 0 Å². The Hall–Kier alpha value is -3.31. The summed E-state index contributed by atoms with van der Waals surface area (Å²) in [4.78, 5) is 11.1. The van der Waals surface area contributed by atoms with Crippen molar-refractivity contribution in [3.63, 3.8) is 0 Å². The topological polar surface area (TPSA) is 77.5 Å². The molecule has 0 saturated carbocycles. The number of ether oxygens (including phenoxy) is 1. The molecule has 0 amide bonds. The van der Waals surface area contributed by atoms with E-state index in [1.807, 2.05) is 42.5 Å². The van der Waals surface area contributed by atoms with E-state index in [0.29, 0.717) is 18.8 Å². The van der Waals surface area contributed by atoms with Gasteiger partial charge >= 0.3 is 5.97 Å². The summed E-state index contributed by atoms with van der Waals surface area (Å²) in [6.07, 6.45) is 0. The number of fused-ring (bicyclic) bond motifs is 3. The molecule has 3 aromatic carbocycles. The lowest BCUT2D eigenvalue weighted by Gasteiger charge is -2.11. The predicted octanol–water partition coefficient (Wildman–Crippen LogP) is 4.07. The van der Waals surface area contributed by atoms with Crippen LogP contribution in [0.15, 0.2) is 60.7 Å². The van der Waals surface area contributed by atoms with Gasteiger partial charge in [-0.05, 0) is 35.7 Å². The number of aliphatic carboxylic acids is 1. The van der Waals surface area contributed by atoms with Gasteiger partial charge in [0.2, 0.25) is 0 Å². The number of nitrogens with two attached hydrogens (primary N) is 1. The van der Waals surface area contributed by atoms with Gasteiger partial charge in [-0.1, -0.05) is 48.5 Å². The first kappa shape index (κ1) is 18.1. The highest BCUT2D eigenvalue weighted by Crippen LogP contribution is 2.39. The van der Waals surface area contributed by atoms with E-state index in [-0.39, 0.29) is 6.61 Å². The quantitative estimate of drug-likeness (QED) is 0.533. The summed E-state index contributed by atoms with van der Waals surface area (Å²) in [5, 5.41) is 11.0. The van der Waals surface area contributed by atoms with Crippen LogP contribution in [0.3, 0.4) is 0 Å². The highest BCUT2D eigenvalue weighted by Gasteiger charge is 2.19. The number of aryl methyl sites for hydroxylation is 1. The minimum atomic E-state index is -0.999. The van der Waals surface area contributed by atoms with Crippen molar-refractivity contribution < 1.29 is 14.6 Å². The maximum absolute atomic E-state index is 11.1. The Morgan fingerprint density at radius 3 is 2.54 bits per heavy atom. The van der Waals surface area contributed by atoms with Crippen molar-refractivity contribution in [1.82, 2.24) is 4.57 Å². The average Bonchev–Trinajstić information content (AvgIpc) is 3.04. The molecule has 0 fully saturated rings. The van der Waals surface area contributed by atoms with Crippen LogP contribution in [0.4, 0.5) is 0 Å². The number of nitrogens with zero attached hydrogens (tertiary/aromatic N) is 1. The fraction of sp³-hybridized carbons (Fsp3) is 0.174. The number of hydrogen-bond donors (Lipinski definition) is 2. The van der Waals surface area contributed by atoms with Crippen molar-refractivity contribution in [2.75, 3.05) is 6.61 Å². The second-order valence-corrected chi connectivity index (χ2v) is 6.87. The molecule has 4 aromatic rings. The third-order valence-corrected chi connectivity index (χ3v) is 5.04. The molecule has 5 nitrogen and oxygen atoms in total. The van der Waals surface area contributed by atoms with Gasteiger partial charge in [0.15, 0.2) is 6.61 Å². The second-order valence-electron chi connectivity index (χ2n) is 6.87. The molecular weight excluding hydrogens is 352 g/mol. The molecule has 142 valence electrons. The zero-order chi connectivity index (χ0) is 19.7. The van der Waals surface area contributed by atoms with Gasteiger partial charge < -0.3 is 20.1 Å². The Bertz CT molecular complexity index is 1160. The van der Waals surface area contributed by atoms with Crippen molar-refractivity contribution >= 4 is 27.8 Å². The van der Waals surface area contributed by atoms with E-state index < -0.39 is 5.97 Å². The molecule has 0 saturated heterocycles. The highest BCUT2D eigenvalue weighted by molar-refractivity contribution is 6.13. The van der Waals surface area contributed by atoms with Gasteiger partial charge in [-0.3, -0.25) is 0 Å². The molecule has 5 heteroatoms. The fourth-order valence-electron chi connectivity index (χ4n) is 3.85. The number of benzene rings is 3. The van der Waals surface area contributed by atoms with E-state index in [2.05, 4.69) is 29.7 Å². The van der Waals surface area contributed by atoms with E-state index in [1.165, 1.54) is 5.56 Å². The molecule has 1 heterocycles. The van der Waals surface area contributed by atoms with Crippen LogP contribution in [0.2, 0.25) is 0 Å². The van der Waals surface area contributed by atoms with Crippen molar-refractivity contribution in [3.05, 3.63) is 77.4 Å². The van der Waals surface area contributed by atoms with Crippen LogP contribution in [0.25, 0.3) is 21.8 Å². The van der Waals surface area contributed by atoms with Gasteiger partial charge in [0.1, 0.15) is 5.75 Å². The molecule has 0 spiro atoms. The van der Waals surface area contributed by atoms with Crippen LogP contribution in [0.5, 0.6) is 5.75 Å². The Kier molecular flexibility index (Phi) is 4.75. The summed E-state index contributed by atoms with van der Waals surface area (Å²) < 4.78 is 7.92. The van der Waals surface area contributed by atoms with Gasteiger partial charge in [-0.15, -0.1) is 0 Å². The van der Waals surface area contributed by atoms with E-state index in [4.69, 9.17) is 15.6 Å². The van der Waals surface area contributed by atoms with Crippen LogP contribution >= 0.6 is 0 Å². The number of rotatable bonds is 6. The fourth-order valence-corrected chi connectivity index (χ4v) is 3.85. The smallest absolute Gasteiger partial charge is 0.341 e. The molecule has 0 unspecified atom stereocenters. The van der Waals surface area contributed by atoms with Gasteiger partial charge in [-0.25, -0.2) is 4.79 Å². The molecule has 1 aromatic heterocycles. The van der Waals surface area contributed by atoms with Crippen molar-refractivity contribution in [1.29, 1.82) is 0 Å². The average molecular weight is 374 g/mol. The molecule has 28 heavy (non-hydrogen) atoms. The van der Waals surface area contributed by atoms with Crippen LogP contribution < -0.4 is 10.5 Å². The van der Waals surface area contributed by atoms with E-state index in [0.717, 1.165) is 32.9 Å². The first-order chi connectivity index (χ1) is 13.6. The third kappa shape index (κ3) is 3.10. The zero-order valence-corrected chi connectivity index (χ0v) is 15.7. The summed E-state index contributed by atoms with van der Waals surface area (Å²) in [7, 11) is 0. The number of aromatic nitrogens is 1. The zero-order valence-electron chi connectivity index (χ0n) is 15.7. The predicted molar refractivity (Wildman–Crippen MR) is 111 cm³/mol. The number of hydrogen-bond acceptors (Lipinski definition) is 3. The van der Waals surface area contributed by atoms with Crippen LogP contribution in [0.1, 0.15) is 16.7 Å². The molecule has 0 aliphatic heterocycles. The van der Waals surface area contributed by atoms with Gasteiger partial charge in [0.05, 0.1) is 10.9 Å². The summed E-state index contributed by atoms with van der Waals surface area (Å²) in [6, 6.07) is 20.2. The first-order valence-electron chi connectivity index (χ1n) is 9.22. The maximum atomic E-state index is 11.1. The molecule has 0 bridgehead atoms. The summed E-state index contributed by atoms with van der Waals surface area (Å²) in [6.45, 7) is 2.78. The van der Waals surface area contributed by atoms with Crippen molar-refractivity contribution in [2.45, 2.75) is 20.0 Å². The minimum Gasteiger partial charge on any atom is -0.481 e. The van der Waals surface area contributed by atoms with Crippen molar-refractivity contribution in [2.24, 2.45) is 5.73 Å². The molecule has 3 N–H and O–H groups in total. The Morgan fingerprint density at radius 2 is 1.82 bits per heavy atom. The molecule has 0 radical (unpaired) electrons. The number of carboxylic acids is 1. The summed E-state index contributed by atoms with van der Waals surface area (Å²) in [5.74, 6) is -0.429. The SMILES string of the molecule is Cc1ccc(OCC(=O)O)c2c3c(CN)cccc3n(Cc3ccccc3)c12. The molecule has 0 aliphatic carbocycles. The third-order valence-electron chi connectivity index (χ3n) is 5.04. The first-order valence-corrected chi connectivity index (χ1v) is 9.22. The second kappa shape index (κ2) is 7.37. The summed E-state index contributed by atoms with van der Waals surface area (Å²) in [5.41, 5.74) is 11.5. The Morgan fingerprint density at radius 1 is 1.04 bits per heavy atom. The standard InChI is InChI=1S/C23H22N2O3/c1-15-10-11-19(28-14-20(26)27)22-21-17(12-24)8-5-9-18(21)25(23(15)22)13-16-6-3-2-4-7-16/h2-11H,12-14,24H2,1H3,(H,26,27). The number of carbonyl (C=O) groups is 1. The van der Waals surface area contributed by atoms with Crippen LogP contribution in [-0.4, -0.2) is 22.2 Å². The van der Waals surface area contributed by atoms with Crippen molar-refractivity contribution in [3.8, 4) is 5.75 Å². The molecule has 4 rings (SSSR count). The largest absolute Gasteiger partial charge is 0.481 e. The molecule has 0 atom stereocenters. The Labute approximate surface area is 163 Å². The molecule has 0 aliphatic rings. The van der Waals surface area contributed by atoms with Crippen LogP contribution in [0, 0.1) is 6.92 Å². The maximum Gasteiger partial charge on any atom is 0.341 e. The van der Waals surface area contributed by atoms with E-state index >= 15 is 0 Å². The lowest BCUT2D eigenvalue weighted by atomic mass is 10.0. The van der Waals surface area contributed by atoms with Gasteiger partial charge in [0.25, 0.3) is 0 Å². The lowest BCUT2D eigenvalue weighted by Crippen LogP contribution is -2.09. The highest BCUT2D eigenvalue weighted by atomic mass is 16.5.